The van der Waals surface area contributed by atoms with Crippen LogP contribution in [0.4, 0.5) is 26.3 Å². The first-order valence-electron chi connectivity index (χ1n) is 8.77. The van der Waals surface area contributed by atoms with E-state index in [-0.39, 0.29) is 24.2 Å². The van der Waals surface area contributed by atoms with E-state index in [4.69, 9.17) is 11.6 Å². The van der Waals surface area contributed by atoms with Crippen LogP contribution in [0.15, 0.2) is 75.5 Å². The van der Waals surface area contributed by atoms with Gasteiger partial charge in [-0.25, -0.2) is 0 Å². The van der Waals surface area contributed by atoms with Crippen LogP contribution in [0, 0.1) is 0 Å². The van der Waals surface area contributed by atoms with Gasteiger partial charge in [0.2, 0.25) is 0 Å². The second-order valence-electron chi connectivity index (χ2n) is 6.66. The van der Waals surface area contributed by atoms with Crippen molar-refractivity contribution in [3.05, 3.63) is 75.6 Å². The van der Waals surface area contributed by atoms with Gasteiger partial charge < -0.3 is 10.6 Å². The predicted octanol–water partition coefficient (Wildman–Crippen LogP) is 7.08. The van der Waals surface area contributed by atoms with Crippen molar-refractivity contribution < 1.29 is 26.3 Å². The third-order valence-corrected chi connectivity index (χ3v) is 4.85. The number of hydrogen-bond donors (Lipinski definition) is 2. The van der Waals surface area contributed by atoms with Crippen molar-refractivity contribution in [2.24, 2.45) is 0 Å². The molecule has 2 N–H and O–H groups in total. The molecule has 0 aromatic heterocycles. The summed E-state index contributed by atoms with van der Waals surface area (Å²) in [6.07, 6.45) is -8.59. The van der Waals surface area contributed by atoms with Crippen LogP contribution in [-0.2, 0) is 0 Å². The maximum Gasteiger partial charge on any atom is 0.416 e. The molecule has 0 heterocycles. The molecule has 0 unspecified atom stereocenters. The Balaban J connectivity index is 2.30. The fourth-order valence-corrected chi connectivity index (χ4v) is 3.21. The molecule has 1 aliphatic carbocycles. The Bertz CT molecular complexity index is 865. The van der Waals surface area contributed by atoms with Gasteiger partial charge in [0.05, 0.1) is 11.1 Å². The van der Waals surface area contributed by atoms with Gasteiger partial charge in [-0.15, -0.1) is 0 Å². The molecule has 30 heavy (non-hydrogen) atoms. The number of hydrogen-bond acceptors (Lipinski definition) is 3. The smallest absolute Gasteiger partial charge is 0.369 e. The second-order valence-corrected chi connectivity index (χ2v) is 8.03. The summed E-state index contributed by atoms with van der Waals surface area (Å²) < 4.78 is 78.7. The van der Waals surface area contributed by atoms with Crippen molar-refractivity contribution in [1.29, 1.82) is 0 Å². The molecule has 0 amide bonds. The summed E-state index contributed by atoms with van der Waals surface area (Å²) >= 11 is 7.12. The van der Waals surface area contributed by atoms with Gasteiger partial charge in [0.15, 0.2) is 0 Å². The molecule has 2 rings (SSSR count). The van der Waals surface area contributed by atoms with Crippen LogP contribution < -0.4 is 10.6 Å². The van der Waals surface area contributed by atoms with Gasteiger partial charge in [0, 0.05) is 33.5 Å². The third-order valence-electron chi connectivity index (χ3n) is 3.70. The Hall–Kier alpha value is -2.00. The summed E-state index contributed by atoms with van der Waals surface area (Å²) in [5, 5.41) is 8.04. The maximum absolute atomic E-state index is 13.2. The Labute approximate surface area is 179 Å². The second kappa shape index (κ2) is 9.87. The van der Waals surface area contributed by atoms with Crippen LogP contribution in [0.25, 0.3) is 0 Å². The third kappa shape index (κ3) is 7.68. The molecule has 0 aliphatic heterocycles. The molecule has 2 nitrogen and oxygen atoms in total. The monoisotopic (exact) mass is 468 g/mol. The van der Waals surface area contributed by atoms with Crippen molar-refractivity contribution in [1.82, 2.24) is 10.6 Å². The van der Waals surface area contributed by atoms with Gasteiger partial charge in [-0.2, -0.15) is 26.3 Å². The van der Waals surface area contributed by atoms with Crippen LogP contribution in [0.1, 0.15) is 20.3 Å². The summed E-state index contributed by atoms with van der Waals surface area (Å²) in [6.45, 7) is 3.65. The first-order valence-corrected chi connectivity index (χ1v) is 10.0. The standard InChI is InChI=1S/C20H19ClF6N2S/c1-12(2)28-18(11-30-17-7-4-15(21)5-8-17)29-16-6-3-13(19(22,23)24)9-14(10-16)20(25,26)27/h3-5,7-12,28-29H,6H2,1-2H3/b18-11+. The summed E-state index contributed by atoms with van der Waals surface area (Å²) in [6, 6.07) is 6.85. The summed E-state index contributed by atoms with van der Waals surface area (Å²) in [7, 11) is 0. The zero-order chi connectivity index (χ0) is 22.5. The van der Waals surface area contributed by atoms with E-state index in [0.717, 1.165) is 11.0 Å². The molecular formula is C20H19ClF6N2S. The molecule has 0 radical (unpaired) electrons. The van der Waals surface area contributed by atoms with Crippen molar-refractivity contribution in [3.63, 3.8) is 0 Å². The van der Waals surface area contributed by atoms with Crippen LogP contribution >= 0.6 is 23.4 Å². The summed E-state index contributed by atoms with van der Waals surface area (Å²) in [5.74, 6) is 0.363. The fourth-order valence-electron chi connectivity index (χ4n) is 2.41. The Morgan fingerprint density at radius 3 is 2.13 bits per heavy atom. The van der Waals surface area contributed by atoms with Gasteiger partial charge in [-0.1, -0.05) is 29.4 Å². The number of benzene rings is 1. The van der Waals surface area contributed by atoms with E-state index >= 15 is 0 Å². The minimum absolute atomic E-state index is 0.0195. The van der Waals surface area contributed by atoms with E-state index in [1.165, 1.54) is 11.8 Å². The SMILES string of the molecule is CC(C)N/C(=C\Sc1ccc(Cl)cc1)NC1=CC(C(F)(F)F)=CC(C(F)(F)F)=CC1. The highest BCUT2D eigenvalue weighted by Gasteiger charge is 2.38. The van der Waals surface area contributed by atoms with Gasteiger partial charge >= 0.3 is 12.4 Å². The molecular weight excluding hydrogens is 450 g/mol. The lowest BCUT2D eigenvalue weighted by Gasteiger charge is -2.18. The molecule has 0 spiro atoms. The molecule has 164 valence electrons. The first-order chi connectivity index (χ1) is 13.8. The van der Waals surface area contributed by atoms with Crippen LogP contribution in [-0.4, -0.2) is 18.4 Å². The number of alkyl halides is 6. The van der Waals surface area contributed by atoms with Crippen molar-refractivity contribution in [2.45, 2.75) is 43.6 Å². The van der Waals surface area contributed by atoms with Gasteiger partial charge in [-0.05, 0) is 50.3 Å². The molecule has 10 heteroatoms. The van der Waals surface area contributed by atoms with Gasteiger partial charge in [0.1, 0.15) is 5.82 Å². The molecule has 0 atom stereocenters. The normalized spacial score (nSPS) is 15.9. The topological polar surface area (TPSA) is 24.1 Å². The fraction of sp³-hybridized carbons (Fsp3) is 0.300. The van der Waals surface area contributed by atoms with E-state index < -0.39 is 23.5 Å². The average molecular weight is 469 g/mol. The molecule has 1 aliphatic rings. The number of rotatable bonds is 6. The van der Waals surface area contributed by atoms with E-state index in [9.17, 15) is 26.3 Å². The molecule has 0 saturated heterocycles. The lowest BCUT2D eigenvalue weighted by atomic mass is 10.1. The number of thioether (sulfide) groups is 1. The lowest BCUT2D eigenvalue weighted by Crippen LogP contribution is -2.31. The highest BCUT2D eigenvalue weighted by molar-refractivity contribution is 8.02. The van der Waals surface area contributed by atoms with Crippen LogP contribution in [0.5, 0.6) is 0 Å². The van der Waals surface area contributed by atoms with E-state index in [1.54, 1.807) is 29.7 Å². The molecule has 1 aromatic rings. The Kier molecular flexibility index (Phi) is 7.99. The maximum atomic E-state index is 13.2. The lowest BCUT2D eigenvalue weighted by molar-refractivity contribution is -0.0933. The quantitative estimate of drug-likeness (QED) is 0.344. The Morgan fingerprint density at radius 2 is 1.60 bits per heavy atom. The highest BCUT2D eigenvalue weighted by Crippen LogP contribution is 2.36. The van der Waals surface area contributed by atoms with Gasteiger partial charge in [0.25, 0.3) is 0 Å². The van der Waals surface area contributed by atoms with Crippen LogP contribution in [0.2, 0.25) is 5.02 Å². The number of nitrogens with one attached hydrogen (secondary N) is 2. The first kappa shape index (κ1) is 24.3. The van der Waals surface area contributed by atoms with Crippen molar-refractivity contribution in [2.75, 3.05) is 0 Å². The summed E-state index contributed by atoms with van der Waals surface area (Å²) in [4.78, 5) is 0.828. The molecule has 0 bridgehead atoms. The Morgan fingerprint density at radius 1 is 1.00 bits per heavy atom. The molecule has 0 saturated carbocycles. The number of halogens is 7. The molecule has 0 fully saturated rings. The highest BCUT2D eigenvalue weighted by atomic mass is 35.5. The molecule has 1 aromatic carbocycles. The average Bonchev–Trinajstić information content (AvgIpc) is 2.83. The van der Waals surface area contributed by atoms with Crippen molar-refractivity contribution >= 4 is 23.4 Å². The summed E-state index contributed by atoms with van der Waals surface area (Å²) in [5.41, 5.74) is -2.73. The number of allylic oxidation sites excluding steroid dienone is 5. The minimum Gasteiger partial charge on any atom is -0.369 e. The van der Waals surface area contributed by atoms with Gasteiger partial charge in [-0.3, -0.25) is 0 Å². The van der Waals surface area contributed by atoms with E-state index in [0.29, 0.717) is 16.9 Å². The predicted molar refractivity (Wildman–Crippen MR) is 108 cm³/mol. The van der Waals surface area contributed by atoms with E-state index in [2.05, 4.69) is 10.6 Å². The zero-order valence-electron chi connectivity index (χ0n) is 16.0. The van der Waals surface area contributed by atoms with Crippen LogP contribution in [0.3, 0.4) is 0 Å². The zero-order valence-corrected chi connectivity index (χ0v) is 17.5. The minimum atomic E-state index is -4.92. The van der Waals surface area contributed by atoms with E-state index in [1.807, 2.05) is 13.8 Å². The largest absolute Gasteiger partial charge is 0.416 e. The van der Waals surface area contributed by atoms with Crippen molar-refractivity contribution in [3.8, 4) is 0 Å².